The van der Waals surface area contributed by atoms with E-state index in [0.29, 0.717) is 5.92 Å². The van der Waals surface area contributed by atoms with Crippen LogP contribution in [-0.2, 0) is 13.6 Å². The van der Waals surface area contributed by atoms with E-state index in [1.54, 1.807) is 16.7 Å². The van der Waals surface area contributed by atoms with E-state index in [0.717, 1.165) is 57.9 Å². The molecule has 0 spiro atoms. The summed E-state index contributed by atoms with van der Waals surface area (Å²) in [6, 6.07) is 5.28. The quantitative estimate of drug-likeness (QED) is 0.276. The summed E-state index contributed by atoms with van der Waals surface area (Å²) in [6.07, 6.45) is 8.99. The number of nitrogens with one attached hydrogen (secondary N) is 1. The minimum atomic E-state index is 0. The van der Waals surface area contributed by atoms with Gasteiger partial charge in [0.1, 0.15) is 0 Å². The summed E-state index contributed by atoms with van der Waals surface area (Å²) in [5, 5.41) is 7.72. The maximum absolute atomic E-state index is 11.7. The Balaban J connectivity index is 0.00000280. The number of likely N-dealkylation sites (tertiary alicyclic amines) is 1. The SMILES string of the molecule is CCNC(=NCCCCn1ccccc1=O)N1CCC(c2cnn(C)c2)C1.I. The Labute approximate surface area is 183 Å². The number of halogens is 1. The third-order valence-corrected chi connectivity index (χ3v) is 4.99. The topological polar surface area (TPSA) is 67.5 Å². The Hall–Kier alpha value is -1.84. The maximum Gasteiger partial charge on any atom is 0.250 e. The van der Waals surface area contributed by atoms with Crippen molar-refractivity contribution in [3.8, 4) is 0 Å². The van der Waals surface area contributed by atoms with Crippen molar-refractivity contribution in [2.45, 2.75) is 38.6 Å². The molecule has 1 aliphatic rings. The van der Waals surface area contributed by atoms with Gasteiger partial charge < -0.3 is 14.8 Å². The van der Waals surface area contributed by atoms with Crippen molar-refractivity contribution in [2.24, 2.45) is 12.0 Å². The van der Waals surface area contributed by atoms with Crippen LogP contribution in [-0.4, -0.2) is 51.4 Å². The van der Waals surface area contributed by atoms with E-state index in [1.165, 1.54) is 5.56 Å². The van der Waals surface area contributed by atoms with Gasteiger partial charge in [-0.25, -0.2) is 0 Å². The first-order valence-corrected chi connectivity index (χ1v) is 9.84. The summed E-state index contributed by atoms with van der Waals surface area (Å²) in [7, 11) is 1.96. The molecule has 1 atom stereocenters. The summed E-state index contributed by atoms with van der Waals surface area (Å²) in [4.78, 5) is 18.9. The molecule has 0 amide bonds. The molecule has 0 radical (unpaired) electrons. The summed E-state index contributed by atoms with van der Waals surface area (Å²) >= 11 is 0. The van der Waals surface area contributed by atoms with Crippen LogP contribution in [0.2, 0.25) is 0 Å². The number of pyridine rings is 1. The van der Waals surface area contributed by atoms with Crippen LogP contribution in [0.15, 0.2) is 46.6 Å². The molecule has 7 nitrogen and oxygen atoms in total. The number of aromatic nitrogens is 3. The van der Waals surface area contributed by atoms with Gasteiger partial charge in [-0.1, -0.05) is 6.07 Å². The van der Waals surface area contributed by atoms with Crippen LogP contribution in [0.1, 0.15) is 37.7 Å². The molecule has 0 bridgehead atoms. The maximum atomic E-state index is 11.7. The van der Waals surface area contributed by atoms with Crippen LogP contribution in [0, 0.1) is 0 Å². The van der Waals surface area contributed by atoms with Crippen molar-refractivity contribution in [3.63, 3.8) is 0 Å². The Bertz CT molecular complexity index is 815. The standard InChI is InChI=1S/C20H30N6O.HI/c1-3-21-20(22-10-5-7-12-25-11-6-4-8-19(25)27)26-13-9-17(16-26)18-14-23-24(2)15-18;/h4,6,8,11,14-15,17H,3,5,7,9-10,12-13,16H2,1-2H3,(H,21,22);1H. The summed E-state index contributed by atoms with van der Waals surface area (Å²) in [5.41, 5.74) is 1.37. The molecule has 8 heteroatoms. The third kappa shape index (κ3) is 6.08. The summed E-state index contributed by atoms with van der Waals surface area (Å²) in [5.74, 6) is 1.52. The average Bonchev–Trinajstić information content (AvgIpc) is 3.31. The number of guanidine groups is 1. The van der Waals surface area contributed by atoms with Crippen LogP contribution in [0.5, 0.6) is 0 Å². The summed E-state index contributed by atoms with van der Waals surface area (Å²) < 4.78 is 3.63. The smallest absolute Gasteiger partial charge is 0.250 e. The largest absolute Gasteiger partial charge is 0.357 e. The fraction of sp³-hybridized carbons (Fsp3) is 0.550. The minimum absolute atomic E-state index is 0. The van der Waals surface area contributed by atoms with Crippen LogP contribution >= 0.6 is 24.0 Å². The normalized spacial score (nSPS) is 16.9. The molecule has 0 aromatic carbocycles. The van der Waals surface area contributed by atoms with Crippen molar-refractivity contribution in [1.29, 1.82) is 0 Å². The van der Waals surface area contributed by atoms with Gasteiger partial charge in [0, 0.05) is 64.1 Å². The zero-order valence-electron chi connectivity index (χ0n) is 16.8. The molecule has 1 aliphatic heterocycles. The molecule has 1 fully saturated rings. The predicted molar refractivity (Wildman–Crippen MR) is 123 cm³/mol. The van der Waals surface area contributed by atoms with E-state index in [9.17, 15) is 4.79 Å². The second-order valence-corrected chi connectivity index (χ2v) is 7.05. The highest BCUT2D eigenvalue weighted by Crippen LogP contribution is 2.26. The molecular formula is C20H31IN6O. The van der Waals surface area contributed by atoms with E-state index >= 15 is 0 Å². The fourth-order valence-corrected chi connectivity index (χ4v) is 3.53. The number of rotatable bonds is 7. The van der Waals surface area contributed by atoms with Gasteiger partial charge in [0.25, 0.3) is 0 Å². The van der Waals surface area contributed by atoms with Crippen molar-refractivity contribution in [3.05, 3.63) is 52.7 Å². The Morgan fingerprint density at radius 1 is 1.36 bits per heavy atom. The zero-order chi connectivity index (χ0) is 19.1. The highest BCUT2D eigenvalue weighted by Gasteiger charge is 2.26. The predicted octanol–water partition coefficient (Wildman–Crippen LogP) is 2.44. The molecule has 3 heterocycles. The second-order valence-electron chi connectivity index (χ2n) is 7.05. The lowest BCUT2D eigenvalue weighted by Gasteiger charge is -2.21. The van der Waals surface area contributed by atoms with E-state index in [2.05, 4.69) is 28.4 Å². The molecule has 1 unspecified atom stereocenters. The van der Waals surface area contributed by atoms with Crippen molar-refractivity contribution >= 4 is 29.9 Å². The van der Waals surface area contributed by atoms with Crippen LogP contribution in [0.4, 0.5) is 0 Å². The van der Waals surface area contributed by atoms with Gasteiger partial charge in [-0.05, 0) is 37.8 Å². The minimum Gasteiger partial charge on any atom is -0.357 e. The van der Waals surface area contributed by atoms with E-state index in [1.807, 2.05) is 30.2 Å². The van der Waals surface area contributed by atoms with Crippen LogP contribution in [0.25, 0.3) is 0 Å². The van der Waals surface area contributed by atoms with Gasteiger partial charge in [0.15, 0.2) is 5.96 Å². The number of aliphatic imine (C=N–C) groups is 1. The number of nitrogens with zero attached hydrogens (tertiary/aromatic N) is 5. The van der Waals surface area contributed by atoms with Crippen molar-refractivity contribution in [1.82, 2.24) is 24.6 Å². The number of unbranched alkanes of at least 4 members (excludes halogenated alkanes) is 1. The van der Waals surface area contributed by atoms with Gasteiger partial charge in [0.2, 0.25) is 5.56 Å². The van der Waals surface area contributed by atoms with Crippen molar-refractivity contribution < 1.29 is 0 Å². The first-order valence-electron chi connectivity index (χ1n) is 9.84. The lowest BCUT2D eigenvalue weighted by atomic mass is 10.0. The number of aryl methyl sites for hydroxylation is 2. The van der Waals surface area contributed by atoms with Crippen molar-refractivity contribution in [2.75, 3.05) is 26.2 Å². The third-order valence-electron chi connectivity index (χ3n) is 4.99. The molecular weight excluding hydrogens is 467 g/mol. The van der Waals surface area contributed by atoms with Gasteiger partial charge >= 0.3 is 0 Å². The lowest BCUT2D eigenvalue weighted by molar-refractivity contribution is 0.484. The molecule has 0 saturated carbocycles. The zero-order valence-corrected chi connectivity index (χ0v) is 19.1. The highest BCUT2D eigenvalue weighted by molar-refractivity contribution is 14.0. The van der Waals surface area contributed by atoms with Gasteiger partial charge in [-0.15, -0.1) is 24.0 Å². The Morgan fingerprint density at radius 3 is 2.93 bits per heavy atom. The van der Waals surface area contributed by atoms with Gasteiger partial charge in [-0.3, -0.25) is 14.5 Å². The lowest BCUT2D eigenvalue weighted by Crippen LogP contribution is -2.40. The number of hydrogen-bond donors (Lipinski definition) is 1. The average molecular weight is 498 g/mol. The Kier molecular flexibility index (Phi) is 9.01. The van der Waals surface area contributed by atoms with E-state index in [-0.39, 0.29) is 29.5 Å². The first-order chi connectivity index (χ1) is 13.2. The van der Waals surface area contributed by atoms with Gasteiger partial charge in [0.05, 0.1) is 6.20 Å². The first kappa shape index (κ1) is 22.4. The monoisotopic (exact) mass is 498 g/mol. The molecule has 28 heavy (non-hydrogen) atoms. The molecule has 2 aromatic heterocycles. The highest BCUT2D eigenvalue weighted by atomic mass is 127. The molecule has 2 aromatic rings. The molecule has 1 saturated heterocycles. The Morgan fingerprint density at radius 2 is 2.21 bits per heavy atom. The van der Waals surface area contributed by atoms with E-state index in [4.69, 9.17) is 4.99 Å². The molecule has 3 rings (SSSR count). The second kappa shape index (κ2) is 11.2. The van der Waals surface area contributed by atoms with Gasteiger partial charge in [-0.2, -0.15) is 5.10 Å². The molecule has 1 N–H and O–H groups in total. The molecule has 0 aliphatic carbocycles. The summed E-state index contributed by atoms with van der Waals surface area (Å²) in [6.45, 7) is 6.50. The van der Waals surface area contributed by atoms with Crippen LogP contribution < -0.4 is 10.9 Å². The van der Waals surface area contributed by atoms with Crippen LogP contribution in [0.3, 0.4) is 0 Å². The number of hydrogen-bond acceptors (Lipinski definition) is 3. The molecule has 154 valence electrons. The fourth-order valence-electron chi connectivity index (χ4n) is 3.53. The van der Waals surface area contributed by atoms with E-state index < -0.39 is 0 Å².